The molecule has 0 saturated carbocycles. The van der Waals surface area contributed by atoms with E-state index in [0.717, 1.165) is 45.2 Å². The summed E-state index contributed by atoms with van der Waals surface area (Å²) in [6, 6.07) is 13.0. The Kier molecular flexibility index (Phi) is 5.92. The average Bonchev–Trinajstić information content (AvgIpc) is 3.44. The Balaban J connectivity index is 1.31. The van der Waals surface area contributed by atoms with Crippen LogP contribution in [0.4, 0.5) is 5.00 Å². The van der Waals surface area contributed by atoms with E-state index in [1.54, 1.807) is 0 Å². The third kappa shape index (κ3) is 4.54. The third-order valence-electron chi connectivity index (χ3n) is 4.98. The van der Waals surface area contributed by atoms with Gasteiger partial charge in [-0.05, 0) is 28.6 Å². The minimum atomic E-state index is 0.773. The van der Waals surface area contributed by atoms with Crippen molar-refractivity contribution in [3.8, 4) is 0 Å². The Bertz CT molecular complexity index is 880. The molecule has 6 nitrogen and oxygen atoms in total. The van der Waals surface area contributed by atoms with Gasteiger partial charge in [0.05, 0.1) is 11.3 Å². The fourth-order valence-electron chi connectivity index (χ4n) is 3.53. The lowest BCUT2D eigenvalue weighted by Gasteiger charge is -2.37. The van der Waals surface area contributed by atoms with E-state index in [1.165, 1.54) is 16.1 Å². The highest BCUT2D eigenvalue weighted by Crippen LogP contribution is 2.22. The minimum absolute atomic E-state index is 0.773. The molecule has 0 radical (unpaired) electrons. The second-order valence-electron chi connectivity index (χ2n) is 6.88. The van der Waals surface area contributed by atoms with Crippen molar-refractivity contribution in [2.75, 3.05) is 38.1 Å². The molecule has 4 rings (SSSR count). The highest BCUT2D eigenvalue weighted by molar-refractivity contribution is 7.14. The van der Waals surface area contributed by atoms with Gasteiger partial charge in [-0.25, -0.2) is 4.98 Å². The summed E-state index contributed by atoms with van der Waals surface area (Å²) in [7, 11) is 1.86. The number of thiophene rings is 1. The smallest absolute Gasteiger partial charge is 0.194 e. The molecule has 1 N–H and O–H groups in total. The number of hydrogen-bond donors (Lipinski definition) is 1. The maximum atomic E-state index is 4.50. The van der Waals surface area contributed by atoms with Crippen LogP contribution in [0.25, 0.3) is 0 Å². The van der Waals surface area contributed by atoms with Gasteiger partial charge in [0.15, 0.2) is 5.96 Å². The number of aliphatic imine (C=N–C) groups is 1. The van der Waals surface area contributed by atoms with Crippen molar-refractivity contribution in [1.82, 2.24) is 19.8 Å². The lowest BCUT2D eigenvalue weighted by Crippen LogP contribution is -2.52. The number of aromatic nitrogens is 2. The van der Waals surface area contributed by atoms with Gasteiger partial charge in [-0.3, -0.25) is 4.99 Å². The molecule has 2 aromatic heterocycles. The van der Waals surface area contributed by atoms with Crippen molar-refractivity contribution in [3.63, 3.8) is 0 Å². The number of hydrogen-bond acceptors (Lipinski definition) is 4. The summed E-state index contributed by atoms with van der Waals surface area (Å²) >= 11 is 1.81. The van der Waals surface area contributed by atoms with Crippen LogP contribution < -0.4 is 10.2 Å². The summed E-state index contributed by atoms with van der Waals surface area (Å²) in [5.41, 5.74) is 2.54. The maximum absolute atomic E-state index is 4.50. The van der Waals surface area contributed by atoms with Crippen LogP contribution in [0, 0.1) is 0 Å². The molecule has 3 aromatic rings. The van der Waals surface area contributed by atoms with Crippen LogP contribution in [0.1, 0.15) is 11.1 Å². The van der Waals surface area contributed by atoms with Crippen molar-refractivity contribution in [3.05, 3.63) is 71.6 Å². The zero-order valence-corrected chi connectivity index (χ0v) is 17.0. The molecule has 1 aliphatic rings. The van der Waals surface area contributed by atoms with E-state index in [-0.39, 0.29) is 0 Å². The molecule has 7 heteroatoms. The lowest BCUT2D eigenvalue weighted by molar-refractivity contribution is 0.373. The molecule has 0 spiro atoms. The van der Waals surface area contributed by atoms with Crippen LogP contribution >= 0.6 is 11.3 Å². The number of rotatable bonds is 5. The molecule has 1 saturated heterocycles. The van der Waals surface area contributed by atoms with E-state index >= 15 is 0 Å². The Morgan fingerprint density at radius 2 is 2.00 bits per heavy atom. The first kappa shape index (κ1) is 18.6. The van der Waals surface area contributed by atoms with E-state index in [4.69, 9.17) is 0 Å². The number of benzene rings is 1. The fourth-order valence-corrected chi connectivity index (χ4v) is 4.32. The predicted molar refractivity (Wildman–Crippen MR) is 116 cm³/mol. The Labute approximate surface area is 170 Å². The number of nitrogens with zero attached hydrogens (tertiary/aromatic N) is 5. The van der Waals surface area contributed by atoms with Gasteiger partial charge in [-0.1, -0.05) is 24.3 Å². The molecule has 0 bridgehead atoms. The zero-order chi connectivity index (χ0) is 19.2. The quantitative estimate of drug-likeness (QED) is 0.534. The fraction of sp³-hybridized carbons (Fsp3) is 0.333. The molecule has 28 heavy (non-hydrogen) atoms. The summed E-state index contributed by atoms with van der Waals surface area (Å²) < 4.78 is 2.08. The SMILES string of the molecule is CN=C(NCc1cccc(Cn2ccnc2)c1)N1CCN(c2cccs2)CC1. The minimum Gasteiger partial charge on any atom is -0.360 e. The molecule has 146 valence electrons. The predicted octanol–water partition coefficient (Wildman–Crippen LogP) is 2.89. The zero-order valence-electron chi connectivity index (χ0n) is 16.2. The van der Waals surface area contributed by atoms with Gasteiger partial charge in [0.2, 0.25) is 0 Å². The standard InChI is InChI=1S/C21H26N6S/c1-22-21(27-11-9-26(10-12-27)20-6-3-13-28-20)24-15-18-4-2-5-19(14-18)16-25-8-7-23-17-25/h2-8,13-14,17H,9-12,15-16H2,1H3,(H,22,24). The molecule has 1 aliphatic heterocycles. The molecule has 0 aliphatic carbocycles. The average molecular weight is 395 g/mol. The highest BCUT2D eigenvalue weighted by atomic mass is 32.1. The normalized spacial score (nSPS) is 15.1. The number of imidazole rings is 1. The van der Waals surface area contributed by atoms with Gasteiger partial charge < -0.3 is 19.7 Å². The highest BCUT2D eigenvalue weighted by Gasteiger charge is 2.20. The molecular weight excluding hydrogens is 368 g/mol. The number of piperazine rings is 1. The van der Waals surface area contributed by atoms with E-state index in [0.29, 0.717) is 0 Å². The van der Waals surface area contributed by atoms with Crippen molar-refractivity contribution in [2.45, 2.75) is 13.1 Å². The van der Waals surface area contributed by atoms with Crippen LogP contribution in [-0.4, -0.2) is 53.6 Å². The first-order valence-electron chi connectivity index (χ1n) is 9.59. The number of nitrogens with one attached hydrogen (secondary N) is 1. The third-order valence-corrected chi connectivity index (χ3v) is 5.90. The number of anilines is 1. The van der Waals surface area contributed by atoms with E-state index in [2.05, 4.69) is 71.4 Å². The summed E-state index contributed by atoms with van der Waals surface area (Å²) in [5, 5.41) is 7.03. The van der Waals surface area contributed by atoms with Gasteiger partial charge in [-0.2, -0.15) is 0 Å². The number of guanidine groups is 1. The first-order chi connectivity index (χ1) is 13.8. The van der Waals surface area contributed by atoms with Crippen LogP contribution in [0.15, 0.2) is 65.5 Å². The second kappa shape index (κ2) is 8.93. The van der Waals surface area contributed by atoms with Crippen molar-refractivity contribution < 1.29 is 0 Å². The Morgan fingerprint density at radius 1 is 1.14 bits per heavy atom. The van der Waals surface area contributed by atoms with Crippen LogP contribution in [-0.2, 0) is 13.1 Å². The van der Waals surface area contributed by atoms with Crippen molar-refractivity contribution >= 4 is 22.3 Å². The molecule has 0 atom stereocenters. The first-order valence-corrected chi connectivity index (χ1v) is 10.5. The molecule has 1 fully saturated rings. The summed E-state index contributed by atoms with van der Waals surface area (Å²) in [6.45, 7) is 5.64. The van der Waals surface area contributed by atoms with E-state index in [1.807, 2.05) is 37.1 Å². The molecule has 0 unspecified atom stereocenters. The van der Waals surface area contributed by atoms with Gasteiger partial charge >= 0.3 is 0 Å². The van der Waals surface area contributed by atoms with Crippen molar-refractivity contribution in [1.29, 1.82) is 0 Å². The van der Waals surface area contributed by atoms with E-state index in [9.17, 15) is 0 Å². The van der Waals surface area contributed by atoms with E-state index < -0.39 is 0 Å². The summed E-state index contributed by atoms with van der Waals surface area (Å²) in [6.07, 6.45) is 5.65. The van der Waals surface area contributed by atoms with Gasteiger partial charge in [-0.15, -0.1) is 11.3 Å². The monoisotopic (exact) mass is 394 g/mol. The Morgan fingerprint density at radius 3 is 2.71 bits per heavy atom. The van der Waals surface area contributed by atoms with Crippen LogP contribution in [0.3, 0.4) is 0 Å². The van der Waals surface area contributed by atoms with Gasteiger partial charge in [0.1, 0.15) is 0 Å². The maximum Gasteiger partial charge on any atom is 0.194 e. The molecule has 0 amide bonds. The summed E-state index contributed by atoms with van der Waals surface area (Å²) in [5.74, 6) is 0.978. The van der Waals surface area contributed by atoms with Crippen molar-refractivity contribution in [2.24, 2.45) is 4.99 Å². The summed E-state index contributed by atoms with van der Waals surface area (Å²) in [4.78, 5) is 13.4. The molecule has 1 aromatic carbocycles. The van der Waals surface area contributed by atoms with Gasteiger partial charge in [0, 0.05) is 58.7 Å². The Hall–Kier alpha value is -2.80. The lowest BCUT2D eigenvalue weighted by atomic mass is 10.1. The topological polar surface area (TPSA) is 48.7 Å². The van der Waals surface area contributed by atoms with Crippen LogP contribution in [0.2, 0.25) is 0 Å². The largest absolute Gasteiger partial charge is 0.360 e. The molecule has 3 heterocycles. The van der Waals surface area contributed by atoms with Crippen LogP contribution in [0.5, 0.6) is 0 Å². The second-order valence-corrected chi connectivity index (χ2v) is 7.81. The molecular formula is C21H26N6S. The van der Waals surface area contributed by atoms with Gasteiger partial charge in [0.25, 0.3) is 0 Å².